The normalized spacial score (nSPS) is 26.2. The molecule has 1 spiro atoms. The van der Waals surface area contributed by atoms with Crippen molar-refractivity contribution in [3.05, 3.63) is 18.2 Å². The number of nitrogens with zero attached hydrogens (tertiary/aromatic N) is 2. The summed E-state index contributed by atoms with van der Waals surface area (Å²) in [5.74, 6) is 0.950. The van der Waals surface area contributed by atoms with Crippen LogP contribution in [0.25, 0.3) is 0 Å². The highest BCUT2D eigenvalue weighted by Crippen LogP contribution is 2.70. The van der Waals surface area contributed by atoms with Gasteiger partial charge in [-0.05, 0) is 30.6 Å². The van der Waals surface area contributed by atoms with Gasteiger partial charge in [0.15, 0.2) is 5.82 Å². The van der Waals surface area contributed by atoms with Crippen LogP contribution in [0.3, 0.4) is 0 Å². The lowest BCUT2D eigenvalue weighted by atomic mass is 10.3. The third kappa shape index (κ3) is 1.35. The van der Waals surface area contributed by atoms with Gasteiger partial charge in [-0.1, -0.05) is 0 Å². The largest absolute Gasteiger partial charge is 0.354 e. The summed E-state index contributed by atoms with van der Waals surface area (Å²) in [6, 6.07) is 0. The molecule has 0 radical (unpaired) electrons. The topological polar surface area (TPSA) is 37.8 Å². The van der Waals surface area contributed by atoms with E-state index in [0.29, 0.717) is 11.4 Å². The van der Waals surface area contributed by atoms with Crippen LogP contribution in [-0.2, 0) is 0 Å². The molecule has 1 atom stereocenters. The van der Waals surface area contributed by atoms with Gasteiger partial charge in [-0.2, -0.15) is 0 Å². The van der Waals surface area contributed by atoms with Crippen molar-refractivity contribution >= 4 is 5.95 Å². The minimum absolute atomic E-state index is 0.388. The van der Waals surface area contributed by atoms with Gasteiger partial charge in [-0.15, -0.1) is 0 Å². The first-order chi connectivity index (χ1) is 6.78. The minimum atomic E-state index is -0.388. The van der Waals surface area contributed by atoms with Crippen LogP contribution in [0.15, 0.2) is 12.4 Å². The van der Waals surface area contributed by atoms with E-state index in [1.807, 2.05) is 0 Å². The maximum absolute atomic E-state index is 12.5. The second-order valence-electron chi connectivity index (χ2n) is 4.37. The van der Waals surface area contributed by atoms with E-state index in [1.165, 1.54) is 31.7 Å². The van der Waals surface area contributed by atoms with Crippen LogP contribution < -0.4 is 5.32 Å². The van der Waals surface area contributed by atoms with Crippen LogP contribution in [-0.4, -0.2) is 16.5 Å². The van der Waals surface area contributed by atoms with Crippen molar-refractivity contribution in [2.24, 2.45) is 11.3 Å². The first-order valence-corrected chi connectivity index (χ1v) is 5.00. The van der Waals surface area contributed by atoms with Crippen LogP contribution in [0.2, 0.25) is 0 Å². The molecule has 2 aliphatic rings. The lowest BCUT2D eigenvalue weighted by molar-refractivity contribution is 0.613. The van der Waals surface area contributed by atoms with Crippen LogP contribution in [0.5, 0.6) is 0 Å². The van der Waals surface area contributed by atoms with Crippen molar-refractivity contribution in [3.8, 4) is 0 Å². The smallest absolute Gasteiger partial charge is 0.222 e. The number of halogens is 1. The molecule has 0 aromatic carbocycles. The molecule has 2 saturated carbocycles. The van der Waals surface area contributed by atoms with E-state index in [2.05, 4.69) is 15.3 Å². The SMILES string of the molecule is Fc1cnc(NCC2CC23CC3)nc1. The number of rotatable bonds is 3. The molecule has 1 unspecified atom stereocenters. The lowest BCUT2D eigenvalue weighted by Crippen LogP contribution is -2.08. The highest BCUT2D eigenvalue weighted by Gasteiger charge is 2.62. The summed E-state index contributed by atoms with van der Waals surface area (Å²) in [5.41, 5.74) is 0.701. The zero-order chi connectivity index (χ0) is 9.60. The maximum atomic E-state index is 12.5. The molecule has 0 amide bonds. The molecule has 1 N–H and O–H groups in total. The monoisotopic (exact) mass is 193 g/mol. The second kappa shape index (κ2) is 2.65. The van der Waals surface area contributed by atoms with E-state index in [4.69, 9.17) is 0 Å². The minimum Gasteiger partial charge on any atom is -0.354 e. The Morgan fingerprint density at radius 2 is 2.14 bits per heavy atom. The van der Waals surface area contributed by atoms with Gasteiger partial charge < -0.3 is 5.32 Å². The Kier molecular flexibility index (Phi) is 1.54. The van der Waals surface area contributed by atoms with Crippen molar-refractivity contribution in [1.82, 2.24) is 9.97 Å². The first-order valence-electron chi connectivity index (χ1n) is 5.00. The lowest BCUT2D eigenvalue weighted by Gasteiger charge is -2.02. The van der Waals surface area contributed by atoms with Gasteiger partial charge in [0, 0.05) is 6.54 Å². The van der Waals surface area contributed by atoms with Gasteiger partial charge in [0.2, 0.25) is 5.95 Å². The van der Waals surface area contributed by atoms with Gasteiger partial charge in [-0.3, -0.25) is 0 Å². The standard InChI is InChI=1S/C10H12FN3/c11-8-5-13-9(14-6-8)12-4-7-3-10(7)1-2-10/h5-7H,1-4H2,(H,12,13,14). The molecule has 14 heavy (non-hydrogen) atoms. The molecule has 1 aromatic rings. The molecule has 4 heteroatoms. The summed E-state index contributed by atoms with van der Waals surface area (Å²) in [6.45, 7) is 0.936. The Balaban J connectivity index is 1.55. The fourth-order valence-electron chi connectivity index (χ4n) is 2.11. The summed E-state index contributed by atoms with van der Waals surface area (Å²) < 4.78 is 12.5. The summed E-state index contributed by atoms with van der Waals surface area (Å²) in [7, 11) is 0. The molecule has 0 aliphatic heterocycles. The molecular weight excluding hydrogens is 181 g/mol. The van der Waals surface area contributed by atoms with Gasteiger partial charge in [0.25, 0.3) is 0 Å². The van der Waals surface area contributed by atoms with E-state index >= 15 is 0 Å². The van der Waals surface area contributed by atoms with Crippen LogP contribution in [0, 0.1) is 17.2 Å². The maximum Gasteiger partial charge on any atom is 0.222 e. The number of anilines is 1. The van der Waals surface area contributed by atoms with Crippen molar-refractivity contribution < 1.29 is 4.39 Å². The highest BCUT2D eigenvalue weighted by atomic mass is 19.1. The number of nitrogens with one attached hydrogen (secondary N) is 1. The zero-order valence-electron chi connectivity index (χ0n) is 7.83. The van der Waals surface area contributed by atoms with Crippen molar-refractivity contribution in [2.45, 2.75) is 19.3 Å². The number of hydrogen-bond donors (Lipinski definition) is 1. The Morgan fingerprint density at radius 1 is 1.43 bits per heavy atom. The predicted octanol–water partition coefficient (Wildman–Crippen LogP) is 1.83. The Morgan fingerprint density at radius 3 is 2.71 bits per heavy atom. The third-order valence-corrected chi connectivity index (χ3v) is 3.38. The summed E-state index contributed by atoms with van der Waals surface area (Å²) in [5, 5.41) is 3.14. The average Bonchev–Trinajstić information content (AvgIpc) is 3.08. The quantitative estimate of drug-likeness (QED) is 0.795. The summed E-state index contributed by atoms with van der Waals surface area (Å²) in [4.78, 5) is 7.70. The Bertz CT molecular complexity index is 345. The Labute approximate surface area is 81.8 Å². The molecule has 1 aromatic heterocycles. The van der Waals surface area contributed by atoms with Crippen molar-refractivity contribution in [2.75, 3.05) is 11.9 Å². The van der Waals surface area contributed by atoms with Gasteiger partial charge in [0.05, 0.1) is 12.4 Å². The van der Waals surface area contributed by atoms with Crippen molar-refractivity contribution in [3.63, 3.8) is 0 Å². The molecule has 3 nitrogen and oxygen atoms in total. The predicted molar refractivity (Wildman–Crippen MR) is 50.3 cm³/mol. The van der Waals surface area contributed by atoms with Crippen LogP contribution >= 0.6 is 0 Å². The van der Waals surface area contributed by atoms with Gasteiger partial charge in [-0.25, -0.2) is 14.4 Å². The van der Waals surface area contributed by atoms with Gasteiger partial charge in [0.1, 0.15) is 0 Å². The molecule has 3 rings (SSSR count). The fraction of sp³-hybridized carbons (Fsp3) is 0.600. The molecule has 0 saturated heterocycles. The fourth-order valence-corrected chi connectivity index (χ4v) is 2.11. The first kappa shape index (κ1) is 8.15. The third-order valence-electron chi connectivity index (χ3n) is 3.38. The summed E-state index contributed by atoms with van der Waals surface area (Å²) >= 11 is 0. The highest BCUT2D eigenvalue weighted by molar-refractivity contribution is 5.25. The molecule has 0 bridgehead atoms. The van der Waals surface area contributed by atoms with Crippen molar-refractivity contribution in [1.29, 1.82) is 0 Å². The van der Waals surface area contributed by atoms with E-state index in [0.717, 1.165) is 12.5 Å². The average molecular weight is 193 g/mol. The molecular formula is C10H12FN3. The number of hydrogen-bond acceptors (Lipinski definition) is 3. The van der Waals surface area contributed by atoms with Gasteiger partial charge >= 0.3 is 0 Å². The van der Waals surface area contributed by atoms with Crippen LogP contribution in [0.1, 0.15) is 19.3 Å². The van der Waals surface area contributed by atoms with E-state index < -0.39 is 0 Å². The molecule has 74 valence electrons. The second-order valence-corrected chi connectivity index (χ2v) is 4.37. The Hall–Kier alpha value is -1.19. The molecule has 2 aliphatic carbocycles. The molecule has 1 heterocycles. The molecule has 2 fully saturated rings. The number of aromatic nitrogens is 2. The van der Waals surface area contributed by atoms with E-state index in [9.17, 15) is 4.39 Å². The van der Waals surface area contributed by atoms with Crippen LogP contribution in [0.4, 0.5) is 10.3 Å². The summed E-state index contributed by atoms with van der Waals surface area (Å²) in [6.07, 6.45) is 6.51. The van der Waals surface area contributed by atoms with E-state index in [1.54, 1.807) is 0 Å². The zero-order valence-corrected chi connectivity index (χ0v) is 7.83. The van der Waals surface area contributed by atoms with E-state index in [-0.39, 0.29) is 5.82 Å².